The van der Waals surface area contributed by atoms with Gasteiger partial charge in [-0.25, -0.2) is 0 Å². The average molecular weight is 652 g/mol. The Morgan fingerprint density at radius 1 is 0.938 bits per heavy atom. The number of carbonyl (C=O) groups is 1. The number of hydrogen-bond acceptors (Lipinski definition) is 6. The van der Waals surface area contributed by atoms with E-state index in [4.69, 9.17) is 14.2 Å². The van der Waals surface area contributed by atoms with Crippen molar-refractivity contribution in [3.05, 3.63) is 88.8 Å². The van der Waals surface area contributed by atoms with Crippen molar-refractivity contribution in [1.29, 1.82) is 0 Å². The Kier molecular flexibility index (Phi) is 8.16. The van der Waals surface area contributed by atoms with Crippen LogP contribution in [0.3, 0.4) is 0 Å². The normalized spacial score (nSPS) is 33.4. The summed E-state index contributed by atoms with van der Waals surface area (Å²) in [6.45, 7) is 12.9. The van der Waals surface area contributed by atoms with Crippen molar-refractivity contribution in [2.75, 3.05) is 18.5 Å². The fourth-order valence-corrected chi connectivity index (χ4v) is 10.0. The second kappa shape index (κ2) is 12.1. The Balaban J connectivity index is 0.975. The number of nitrogens with one attached hydrogen (secondary N) is 1. The predicted molar refractivity (Wildman–Crippen MR) is 187 cm³/mol. The molecular weight excluding hydrogens is 598 g/mol. The minimum atomic E-state index is -0.418. The summed E-state index contributed by atoms with van der Waals surface area (Å²) in [5, 5.41) is 14.5. The van der Waals surface area contributed by atoms with Gasteiger partial charge in [-0.2, -0.15) is 0 Å². The molecule has 0 bridgehead atoms. The maximum atomic E-state index is 12.3. The van der Waals surface area contributed by atoms with Gasteiger partial charge in [0.2, 0.25) is 0 Å². The van der Waals surface area contributed by atoms with Gasteiger partial charge in [-0.3, -0.25) is 4.79 Å². The van der Waals surface area contributed by atoms with Crippen LogP contribution >= 0.6 is 0 Å². The maximum absolute atomic E-state index is 12.3. The highest BCUT2D eigenvalue weighted by molar-refractivity contribution is 5.99. The average Bonchev–Trinajstić information content (AvgIpc) is 3.89. The molecule has 2 aromatic carbocycles. The topological polar surface area (TPSA) is 77.0 Å². The van der Waals surface area contributed by atoms with Crippen LogP contribution in [0.25, 0.3) is 0 Å². The van der Waals surface area contributed by atoms with E-state index in [9.17, 15) is 9.90 Å². The lowest BCUT2D eigenvalue weighted by molar-refractivity contribution is -0.312. The van der Waals surface area contributed by atoms with Gasteiger partial charge in [0.25, 0.3) is 0 Å². The third kappa shape index (κ3) is 5.96. The van der Waals surface area contributed by atoms with Gasteiger partial charge in [0.15, 0.2) is 17.5 Å². The van der Waals surface area contributed by atoms with Gasteiger partial charge in [-0.15, -0.1) is 0 Å². The first-order valence-corrected chi connectivity index (χ1v) is 18.5. The van der Waals surface area contributed by atoms with Crippen LogP contribution in [0.2, 0.25) is 0 Å². The molecule has 1 heterocycles. The third-order valence-corrected chi connectivity index (χ3v) is 12.9. The van der Waals surface area contributed by atoms with Crippen molar-refractivity contribution in [1.82, 2.24) is 0 Å². The van der Waals surface area contributed by atoms with Crippen molar-refractivity contribution >= 4 is 11.5 Å². The van der Waals surface area contributed by atoms with E-state index < -0.39 is 5.79 Å². The zero-order valence-electron chi connectivity index (χ0n) is 29.1. The van der Waals surface area contributed by atoms with Crippen LogP contribution in [0, 0.1) is 34.5 Å². The molecular formula is C42H53NO5. The molecule has 6 unspecified atom stereocenters. The minimum Gasteiger partial charge on any atom is -0.475 e. The number of allylic oxidation sites excluding steroid dienone is 2. The lowest BCUT2D eigenvalue weighted by Crippen LogP contribution is -2.52. The standard InChI is InChI=1S/C42H53NO5/c1-26(43-32-14-11-30(12-15-32)39(45)29-9-10-29)46-23-27-5-7-28(8-6-27)35-22-41(4)36(17-18-37(41)44)34-16-13-31-21-42(20-19-33(31)38(34)35)47-24-40(2,3)25-48-42/h5-8,11-12,14-15,29,31,34-37,43-44H,1,9-10,13,16-25H2,2-4H3. The minimum absolute atomic E-state index is 0.0438. The van der Waals surface area contributed by atoms with Crippen LogP contribution in [0.4, 0.5) is 5.69 Å². The Labute approximate surface area is 286 Å². The quantitative estimate of drug-likeness (QED) is 0.169. The Hall–Kier alpha value is -2.93. The van der Waals surface area contributed by atoms with Gasteiger partial charge in [0, 0.05) is 41.3 Å². The number of anilines is 1. The summed E-state index contributed by atoms with van der Waals surface area (Å²) in [6.07, 6.45) is 10.3. The summed E-state index contributed by atoms with van der Waals surface area (Å²) in [7, 11) is 0. The number of aliphatic hydroxyl groups is 1. The summed E-state index contributed by atoms with van der Waals surface area (Å²) in [6, 6.07) is 16.6. The van der Waals surface area contributed by atoms with Crippen LogP contribution in [0.5, 0.6) is 0 Å². The number of rotatable bonds is 8. The third-order valence-electron chi connectivity index (χ3n) is 12.9. The zero-order valence-corrected chi connectivity index (χ0v) is 29.1. The lowest BCUT2D eigenvalue weighted by Gasteiger charge is -2.55. The molecule has 6 atom stereocenters. The van der Waals surface area contributed by atoms with E-state index in [-0.39, 0.29) is 28.6 Å². The summed E-state index contributed by atoms with van der Waals surface area (Å²) in [5.41, 5.74) is 7.49. The molecule has 6 heteroatoms. The number of aliphatic hydroxyl groups excluding tert-OH is 1. The van der Waals surface area contributed by atoms with Gasteiger partial charge >= 0.3 is 0 Å². The van der Waals surface area contributed by atoms with Crippen LogP contribution in [-0.4, -0.2) is 36.0 Å². The van der Waals surface area contributed by atoms with Crippen LogP contribution in [0.15, 0.2) is 72.1 Å². The second-order valence-corrected chi connectivity index (χ2v) is 17.0. The van der Waals surface area contributed by atoms with Gasteiger partial charge in [-0.1, -0.05) is 56.2 Å². The Bertz CT molecular complexity index is 1580. The molecule has 2 aromatic rings. The van der Waals surface area contributed by atoms with E-state index in [2.05, 4.69) is 56.9 Å². The summed E-state index contributed by atoms with van der Waals surface area (Å²) >= 11 is 0. The molecule has 6 nitrogen and oxygen atoms in total. The highest BCUT2D eigenvalue weighted by atomic mass is 16.7. The highest BCUT2D eigenvalue weighted by Crippen LogP contribution is 2.65. The molecule has 1 saturated heterocycles. The molecule has 1 aliphatic heterocycles. The summed E-state index contributed by atoms with van der Waals surface area (Å²) in [4.78, 5) is 12.3. The first-order valence-electron chi connectivity index (χ1n) is 18.5. The number of fused-ring (bicyclic) bond motifs is 4. The van der Waals surface area contributed by atoms with E-state index in [0.29, 0.717) is 36.2 Å². The van der Waals surface area contributed by atoms with Crippen molar-refractivity contribution < 1.29 is 24.1 Å². The van der Waals surface area contributed by atoms with E-state index in [1.165, 1.54) is 18.4 Å². The molecule has 6 aliphatic rings. The lowest BCUT2D eigenvalue weighted by atomic mass is 9.52. The number of Topliss-reactive ketones (excluding diaryl/α,β-unsaturated/α-hetero) is 1. The van der Waals surface area contributed by atoms with Crippen LogP contribution in [-0.2, 0) is 20.8 Å². The van der Waals surface area contributed by atoms with Crippen LogP contribution < -0.4 is 5.32 Å². The number of benzene rings is 2. The molecule has 1 spiro atoms. The summed E-state index contributed by atoms with van der Waals surface area (Å²) in [5.74, 6) is 2.49. The molecule has 48 heavy (non-hydrogen) atoms. The van der Waals surface area contributed by atoms with Crippen molar-refractivity contribution in [2.45, 2.75) is 109 Å². The number of carbonyl (C=O) groups excluding carboxylic acids is 1. The number of hydrogen-bond donors (Lipinski definition) is 2. The van der Waals surface area contributed by atoms with Crippen molar-refractivity contribution in [3.8, 4) is 0 Å². The van der Waals surface area contributed by atoms with E-state index in [1.54, 1.807) is 11.1 Å². The van der Waals surface area contributed by atoms with Gasteiger partial charge in [0.05, 0.1) is 19.3 Å². The second-order valence-electron chi connectivity index (χ2n) is 17.0. The van der Waals surface area contributed by atoms with E-state index in [0.717, 1.165) is 81.4 Å². The molecule has 2 N–H and O–H groups in total. The molecule has 5 fully saturated rings. The van der Waals surface area contributed by atoms with E-state index in [1.807, 2.05) is 24.3 Å². The SMILES string of the molecule is C=C(Nc1ccc(C(=O)C2CC2)cc1)OCc1ccc(C2CC3(C)C(O)CCC3C3CCC4CC5(CCC4=C23)OCC(C)(C)CO5)cc1. The Morgan fingerprint density at radius 3 is 2.38 bits per heavy atom. The molecule has 5 aliphatic carbocycles. The Morgan fingerprint density at radius 2 is 1.67 bits per heavy atom. The largest absolute Gasteiger partial charge is 0.475 e. The maximum Gasteiger partial charge on any atom is 0.184 e. The summed E-state index contributed by atoms with van der Waals surface area (Å²) < 4.78 is 19.0. The highest BCUT2D eigenvalue weighted by Gasteiger charge is 2.57. The number of ether oxygens (including phenoxy) is 3. The number of ketones is 1. The van der Waals surface area contributed by atoms with Gasteiger partial charge in [0.1, 0.15) is 6.61 Å². The zero-order chi connectivity index (χ0) is 33.3. The molecule has 8 rings (SSSR count). The molecule has 4 saturated carbocycles. The molecule has 0 amide bonds. The van der Waals surface area contributed by atoms with Gasteiger partial charge in [-0.05, 0) is 117 Å². The fraction of sp³-hybridized carbons (Fsp3) is 0.595. The first kappa shape index (κ1) is 32.3. The monoisotopic (exact) mass is 651 g/mol. The molecule has 0 aromatic heterocycles. The molecule has 256 valence electrons. The van der Waals surface area contributed by atoms with Crippen molar-refractivity contribution in [3.63, 3.8) is 0 Å². The fourth-order valence-electron chi connectivity index (χ4n) is 10.0. The molecule has 0 radical (unpaired) electrons. The first-order chi connectivity index (χ1) is 23.0. The van der Waals surface area contributed by atoms with Crippen molar-refractivity contribution in [2.24, 2.45) is 34.5 Å². The van der Waals surface area contributed by atoms with Gasteiger partial charge < -0.3 is 24.6 Å². The predicted octanol–water partition coefficient (Wildman–Crippen LogP) is 8.92. The smallest absolute Gasteiger partial charge is 0.184 e. The van der Waals surface area contributed by atoms with Crippen LogP contribution in [0.1, 0.15) is 112 Å². The van der Waals surface area contributed by atoms with E-state index >= 15 is 0 Å².